The largest absolute Gasteiger partial charge is 0.497 e. The fourth-order valence-electron chi connectivity index (χ4n) is 2.20. The summed E-state index contributed by atoms with van der Waals surface area (Å²) in [6.45, 7) is 2.68. The van der Waals surface area contributed by atoms with E-state index in [1.165, 1.54) is 18.4 Å². The molecule has 2 N–H and O–H groups in total. The first-order chi connectivity index (χ1) is 8.74. The van der Waals surface area contributed by atoms with Gasteiger partial charge in [0.05, 0.1) is 13.2 Å². The van der Waals surface area contributed by atoms with Crippen molar-refractivity contribution in [3.05, 3.63) is 29.8 Å². The van der Waals surface area contributed by atoms with Gasteiger partial charge in [0, 0.05) is 12.6 Å². The van der Waals surface area contributed by atoms with Crippen LogP contribution in [0.1, 0.15) is 37.8 Å². The lowest BCUT2D eigenvalue weighted by Gasteiger charge is -2.20. The molecule has 0 heterocycles. The van der Waals surface area contributed by atoms with Crippen LogP contribution in [0, 0.1) is 5.92 Å². The summed E-state index contributed by atoms with van der Waals surface area (Å²) in [6.07, 6.45) is 3.12. The van der Waals surface area contributed by atoms with E-state index in [1.807, 2.05) is 19.1 Å². The van der Waals surface area contributed by atoms with E-state index in [2.05, 4.69) is 17.4 Å². The highest BCUT2D eigenvalue weighted by atomic mass is 16.5. The Bertz CT molecular complexity index is 359. The molecule has 0 radical (unpaired) electrons. The molecule has 0 spiro atoms. The Morgan fingerprint density at radius 3 is 2.50 bits per heavy atom. The zero-order valence-corrected chi connectivity index (χ0v) is 11.2. The van der Waals surface area contributed by atoms with Gasteiger partial charge in [0.1, 0.15) is 5.75 Å². The van der Waals surface area contributed by atoms with Gasteiger partial charge in [0.2, 0.25) is 0 Å². The SMILES string of the molecule is CC[C@@H](O)CNC(c1ccc(OC)cc1)C1CC1. The van der Waals surface area contributed by atoms with E-state index in [-0.39, 0.29) is 6.10 Å². The maximum Gasteiger partial charge on any atom is 0.118 e. The quantitative estimate of drug-likeness (QED) is 0.780. The molecule has 1 unspecified atom stereocenters. The van der Waals surface area contributed by atoms with E-state index in [9.17, 15) is 5.11 Å². The van der Waals surface area contributed by atoms with Gasteiger partial charge in [0.25, 0.3) is 0 Å². The second-order valence-electron chi connectivity index (χ2n) is 5.06. The van der Waals surface area contributed by atoms with E-state index in [1.54, 1.807) is 7.11 Å². The summed E-state index contributed by atoms with van der Waals surface area (Å²) in [5.41, 5.74) is 1.29. The van der Waals surface area contributed by atoms with Crippen LogP contribution in [-0.2, 0) is 0 Å². The highest BCUT2D eigenvalue weighted by Gasteiger charge is 2.32. The fraction of sp³-hybridized carbons (Fsp3) is 0.600. The lowest BCUT2D eigenvalue weighted by atomic mass is 10.0. The number of ether oxygens (including phenoxy) is 1. The maximum atomic E-state index is 9.66. The van der Waals surface area contributed by atoms with Crippen molar-refractivity contribution in [1.29, 1.82) is 0 Å². The van der Waals surface area contributed by atoms with Crippen LogP contribution in [0.25, 0.3) is 0 Å². The summed E-state index contributed by atoms with van der Waals surface area (Å²) < 4.78 is 5.18. The van der Waals surface area contributed by atoms with Crippen LogP contribution in [0.4, 0.5) is 0 Å². The average Bonchev–Trinajstić information content (AvgIpc) is 3.24. The number of benzene rings is 1. The molecular weight excluding hydrogens is 226 g/mol. The van der Waals surface area contributed by atoms with Crippen molar-refractivity contribution >= 4 is 0 Å². The Labute approximate surface area is 109 Å². The third kappa shape index (κ3) is 3.47. The van der Waals surface area contributed by atoms with Gasteiger partial charge >= 0.3 is 0 Å². The van der Waals surface area contributed by atoms with E-state index in [4.69, 9.17) is 4.74 Å². The minimum absolute atomic E-state index is 0.246. The minimum Gasteiger partial charge on any atom is -0.497 e. The fourth-order valence-corrected chi connectivity index (χ4v) is 2.20. The van der Waals surface area contributed by atoms with Gasteiger partial charge in [-0.2, -0.15) is 0 Å². The molecule has 1 fully saturated rings. The molecule has 0 aromatic heterocycles. The first-order valence-corrected chi connectivity index (χ1v) is 6.80. The summed E-state index contributed by atoms with van der Waals surface area (Å²) in [4.78, 5) is 0. The molecule has 0 amide bonds. The molecule has 1 aliphatic rings. The zero-order chi connectivity index (χ0) is 13.0. The van der Waals surface area contributed by atoms with Crippen molar-refractivity contribution in [2.75, 3.05) is 13.7 Å². The first kappa shape index (κ1) is 13.4. The van der Waals surface area contributed by atoms with E-state index in [0.29, 0.717) is 12.6 Å². The summed E-state index contributed by atoms with van der Waals surface area (Å²) in [7, 11) is 1.68. The van der Waals surface area contributed by atoms with Crippen LogP contribution in [0.15, 0.2) is 24.3 Å². The first-order valence-electron chi connectivity index (χ1n) is 6.80. The van der Waals surface area contributed by atoms with Crippen molar-refractivity contribution < 1.29 is 9.84 Å². The topological polar surface area (TPSA) is 41.5 Å². The summed E-state index contributed by atoms with van der Waals surface area (Å²) in [5.74, 6) is 1.62. The number of hydrogen-bond donors (Lipinski definition) is 2. The highest BCUT2D eigenvalue weighted by Crippen LogP contribution is 2.41. The Hall–Kier alpha value is -1.06. The molecule has 0 saturated heterocycles. The van der Waals surface area contributed by atoms with E-state index in [0.717, 1.165) is 18.1 Å². The summed E-state index contributed by atoms with van der Waals surface area (Å²) >= 11 is 0. The molecule has 0 bridgehead atoms. The second-order valence-corrected chi connectivity index (χ2v) is 5.06. The number of methoxy groups -OCH3 is 1. The molecule has 3 nitrogen and oxygen atoms in total. The molecule has 0 aliphatic heterocycles. The van der Waals surface area contributed by atoms with Crippen LogP contribution in [-0.4, -0.2) is 24.9 Å². The third-order valence-electron chi connectivity index (χ3n) is 3.61. The molecular formula is C15H23NO2. The lowest BCUT2D eigenvalue weighted by molar-refractivity contribution is 0.161. The van der Waals surface area contributed by atoms with Crippen molar-refractivity contribution in [1.82, 2.24) is 5.32 Å². The molecule has 100 valence electrons. The molecule has 2 atom stereocenters. The van der Waals surface area contributed by atoms with Gasteiger partial charge in [0.15, 0.2) is 0 Å². The maximum absolute atomic E-state index is 9.66. The Kier molecular flexibility index (Phi) is 4.61. The van der Waals surface area contributed by atoms with Crippen LogP contribution in [0.5, 0.6) is 5.75 Å². The summed E-state index contributed by atoms with van der Waals surface area (Å²) in [5, 5.41) is 13.2. The van der Waals surface area contributed by atoms with Gasteiger partial charge < -0.3 is 15.2 Å². The smallest absolute Gasteiger partial charge is 0.118 e. The van der Waals surface area contributed by atoms with Gasteiger partial charge in [-0.05, 0) is 42.9 Å². The molecule has 1 aliphatic carbocycles. The van der Waals surface area contributed by atoms with Crippen LogP contribution in [0.2, 0.25) is 0 Å². The molecule has 2 rings (SSSR count). The van der Waals surface area contributed by atoms with Gasteiger partial charge in [-0.3, -0.25) is 0 Å². The average molecular weight is 249 g/mol. The number of rotatable bonds is 7. The molecule has 1 aromatic carbocycles. The molecule has 1 saturated carbocycles. The second kappa shape index (κ2) is 6.21. The van der Waals surface area contributed by atoms with Crippen LogP contribution in [0.3, 0.4) is 0 Å². The Balaban J connectivity index is 1.99. The van der Waals surface area contributed by atoms with Crippen molar-refractivity contribution in [3.63, 3.8) is 0 Å². The van der Waals surface area contributed by atoms with Crippen LogP contribution < -0.4 is 10.1 Å². The van der Waals surface area contributed by atoms with Gasteiger partial charge in [-0.25, -0.2) is 0 Å². The minimum atomic E-state index is -0.246. The van der Waals surface area contributed by atoms with Crippen molar-refractivity contribution in [2.24, 2.45) is 5.92 Å². The predicted octanol–water partition coefficient (Wildman–Crippen LogP) is 2.51. The standard InChI is InChI=1S/C15H23NO2/c1-3-13(17)10-16-15(11-4-5-11)12-6-8-14(18-2)9-7-12/h6-9,11,13,15-17H,3-5,10H2,1-2H3/t13-,15?/m1/s1. The van der Waals surface area contributed by atoms with Crippen molar-refractivity contribution in [2.45, 2.75) is 38.3 Å². The zero-order valence-electron chi connectivity index (χ0n) is 11.2. The number of aliphatic hydroxyl groups is 1. The predicted molar refractivity (Wildman–Crippen MR) is 72.8 cm³/mol. The lowest BCUT2D eigenvalue weighted by Crippen LogP contribution is -2.31. The summed E-state index contributed by atoms with van der Waals surface area (Å²) in [6, 6.07) is 8.61. The van der Waals surface area contributed by atoms with E-state index < -0.39 is 0 Å². The molecule has 18 heavy (non-hydrogen) atoms. The number of nitrogens with one attached hydrogen (secondary N) is 1. The van der Waals surface area contributed by atoms with Gasteiger partial charge in [-0.15, -0.1) is 0 Å². The Morgan fingerprint density at radius 2 is 2.00 bits per heavy atom. The Morgan fingerprint density at radius 1 is 1.33 bits per heavy atom. The van der Waals surface area contributed by atoms with Crippen LogP contribution >= 0.6 is 0 Å². The number of aliphatic hydroxyl groups excluding tert-OH is 1. The van der Waals surface area contributed by atoms with Crippen molar-refractivity contribution in [3.8, 4) is 5.75 Å². The van der Waals surface area contributed by atoms with E-state index >= 15 is 0 Å². The number of hydrogen-bond acceptors (Lipinski definition) is 3. The monoisotopic (exact) mass is 249 g/mol. The normalized spacial score (nSPS) is 18.4. The third-order valence-corrected chi connectivity index (χ3v) is 3.61. The highest BCUT2D eigenvalue weighted by molar-refractivity contribution is 5.30. The van der Waals surface area contributed by atoms with Gasteiger partial charge in [-0.1, -0.05) is 19.1 Å². The molecule has 3 heteroatoms. The molecule has 1 aromatic rings.